The lowest BCUT2D eigenvalue weighted by atomic mass is 10.0. The van der Waals surface area contributed by atoms with Crippen molar-refractivity contribution in [2.75, 3.05) is 17.4 Å². The summed E-state index contributed by atoms with van der Waals surface area (Å²) in [5.74, 6) is -1.46. The zero-order chi connectivity index (χ0) is 31.5. The van der Waals surface area contributed by atoms with Crippen molar-refractivity contribution >= 4 is 43.5 Å². The molecule has 4 aromatic rings. The van der Waals surface area contributed by atoms with E-state index in [1.807, 2.05) is 61.5 Å². The van der Waals surface area contributed by atoms with Crippen molar-refractivity contribution in [1.82, 2.24) is 10.2 Å². The van der Waals surface area contributed by atoms with Crippen LogP contribution in [0.3, 0.4) is 0 Å². The molecule has 0 bridgehead atoms. The molecule has 10 heteroatoms. The number of halogens is 2. The summed E-state index contributed by atoms with van der Waals surface area (Å²) < 4.78 is 43.4. The van der Waals surface area contributed by atoms with Crippen LogP contribution >= 0.6 is 15.9 Å². The maximum Gasteiger partial charge on any atom is 0.264 e. The summed E-state index contributed by atoms with van der Waals surface area (Å²) in [6, 6.07) is 28.6. The van der Waals surface area contributed by atoms with Crippen LogP contribution in [0.4, 0.5) is 10.1 Å². The van der Waals surface area contributed by atoms with Gasteiger partial charge in [-0.15, -0.1) is 0 Å². The number of hydrogen-bond acceptors (Lipinski definition) is 4. The Hall–Kier alpha value is -4.02. The predicted octanol–water partition coefficient (Wildman–Crippen LogP) is 6.34. The molecule has 1 N–H and O–H groups in total. The van der Waals surface area contributed by atoms with Crippen molar-refractivity contribution in [3.63, 3.8) is 0 Å². The monoisotopic (exact) mass is 679 g/mol. The van der Waals surface area contributed by atoms with Gasteiger partial charge in [-0.1, -0.05) is 89.9 Å². The maximum atomic E-state index is 14.4. The number of nitrogens with zero attached hydrogens (tertiary/aromatic N) is 2. The van der Waals surface area contributed by atoms with Gasteiger partial charge in [0.2, 0.25) is 11.8 Å². The molecule has 230 valence electrons. The Labute approximate surface area is 266 Å². The highest BCUT2D eigenvalue weighted by Gasteiger charge is 2.34. The quantitative estimate of drug-likeness (QED) is 0.158. The minimum Gasteiger partial charge on any atom is -0.354 e. The van der Waals surface area contributed by atoms with Gasteiger partial charge < -0.3 is 10.2 Å². The van der Waals surface area contributed by atoms with Crippen LogP contribution < -0.4 is 9.62 Å². The number of anilines is 1. The third kappa shape index (κ3) is 8.76. The molecule has 1 atom stereocenters. The number of carbonyl (C=O) groups excluding carboxylic acids is 2. The molecule has 0 saturated carbocycles. The lowest BCUT2D eigenvalue weighted by Gasteiger charge is -2.34. The molecule has 0 aromatic heterocycles. The second kappa shape index (κ2) is 15.6. The third-order valence-electron chi connectivity index (χ3n) is 7.09. The number of nitrogens with one attached hydrogen (secondary N) is 1. The van der Waals surface area contributed by atoms with Gasteiger partial charge in [0.1, 0.15) is 18.4 Å². The number of benzene rings is 4. The standard InChI is InChI=1S/C34H35BrFN3O4S/c1-2-3-22-37-34(41)32(23-26-10-6-4-7-11-26)38(24-27-14-16-28(35)17-15-27)33(40)25-39(30-12-8-5-9-13-30)44(42,43)31-20-18-29(36)19-21-31/h4-21,32H,2-3,22-25H2,1H3,(H,37,41)/t32-/m1/s1. The van der Waals surface area contributed by atoms with Crippen molar-refractivity contribution in [3.8, 4) is 0 Å². The average Bonchev–Trinajstić information content (AvgIpc) is 3.03. The van der Waals surface area contributed by atoms with Crippen molar-refractivity contribution in [2.45, 2.75) is 43.7 Å². The Kier molecular flexibility index (Phi) is 11.7. The van der Waals surface area contributed by atoms with Gasteiger partial charge in [0.15, 0.2) is 0 Å². The highest BCUT2D eigenvalue weighted by atomic mass is 79.9. The SMILES string of the molecule is CCCCNC(=O)[C@@H](Cc1ccccc1)N(Cc1ccc(Br)cc1)C(=O)CN(c1ccccc1)S(=O)(=O)c1ccc(F)cc1. The minimum atomic E-state index is -4.29. The van der Waals surface area contributed by atoms with Crippen molar-refractivity contribution < 1.29 is 22.4 Å². The van der Waals surface area contributed by atoms with E-state index in [2.05, 4.69) is 21.2 Å². The van der Waals surface area contributed by atoms with E-state index in [4.69, 9.17) is 0 Å². The molecule has 0 radical (unpaired) electrons. The van der Waals surface area contributed by atoms with E-state index in [9.17, 15) is 22.4 Å². The van der Waals surface area contributed by atoms with Gasteiger partial charge >= 0.3 is 0 Å². The van der Waals surface area contributed by atoms with E-state index in [0.717, 1.165) is 44.9 Å². The summed E-state index contributed by atoms with van der Waals surface area (Å²) in [4.78, 5) is 29.4. The first-order valence-corrected chi connectivity index (χ1v) is 16.6. The molecule has 0 saturated heterocycles. The zero-order valence-electron chi connectivity index (χ0n) is 24.4. The van der Waals surface area contributed by atoms with Gasteiger partial charge in [-0.2, -0.15) is 0 Å². The molecule has 4 rings (SSSR count). The normalized spacial score (nSPS) is 11.9. The molecule has 0 fully saturated rings. The van der Waals surface area contributed by atoms with Crippen LogP contribution in [0.5, 0.6) is 0 Å². The van der Waals surface area contributed by atoms with Crippen LogP contribution in [0.2, 0.25) is 0 Å². The van der Waals surface area contributed by atoms with E-state index in [1.165, 1.54) is 17.0 Å². The average molecular weight is 681 g/mol. The fourth-order valence-corrected chi connectivity index (χ4v) is 6.38. The van der Waals surface area contributed by atoms with Gasteiger partial charge in [-0.25, -0.2) is 12.8 Å². The van der Waals surface area contributed by atoms with Crippen molar-refractivity contribution in [3.05, 3.63) is 131 Å². The van der Waals surface area contributed by atoms with Crippen LogP contribution in [0.25, 0.3) is 0 Å². The smallest absolute Gasteiger partial charge is 0.264 e. The third-order valence-corrected chi connectivity index (χ3v) is 9.41. The van der Waals surface area contributed by atoms with E-state index >= 15 is 0 Å². The summed E-state index contributed by atoms with van der Waals surface area (Å²) in [5, 5.41) is 2.97. The predicted molar refractivity (Wildman–Crippen MR) is 174 cm³/mol. The second-order valence-electron chi connectivity index (χ2n) is 10.3. The molecule has 0 aliphatic rings. The van der Waals surface area contributed by atoms with E-state index in [1.54, 1.807) is 30.3 Å². The number of unbranched alkanes of at least 4 members (excludes halogenated alkanes) is 1. The number of rotatable bonds is 14. The Morgan fingerprint density at radius 1 is 0.841 bits per heavy atom. The van der Waals surface area contributed by atoms with Crippen LogP contribution in [-0.2, 0) is 32.6 Å². The van der Waals surface area contributed by atoms with Gasteiger partial charge in [0.05, 0.1) is 10.6 Å². The molecule has 4 aromatic carbocycles. The molecule has 44 heavy (non-hydrogen) atoms. The van der Waals surface area contributed by atoms with E-state index < -0.39 is 34.3 Å². The molecule has 0 heterocycles. The number of sulfonamides is 1. The topological polar surface area (TPSA) is 86.8 Å². The molecular formula is C34H35BrFN3O4S. The number of amides is 2. The number of hydrogen-bond donors (Lipinski definition) is 1. The molecule has 2 amide bonds. The van der Waals surface area contributed by atoms with Crippen LogP contribution in [-0.4, -0.2) is 44.3 Å². The van der Waals surface area contributed by atoms with Gasteiger partial charge in [0, 0.05) is 24.0 Å². The number of carbonyl (C=O) groups is 2. The summed E-state index contributed by atoms with van der Waals surface area (Å²) in [5.41, 5.74) is 1.89. The molecular weight excluding hydrogens is 645 g/mol. The molecule has 0 unspecified atom stereocenters. The Bertz CT molecular complexity index is 1620. The highest BCUT2D eigenvalue weighted by molar-refractivity contribution is 9.10. The largest absolute Gasteiger partial charge is 0.354 e. The fraction of sp³-hybridized carbons (Fsp3) is 0.235. The Morgan fingerprint density at radius 2 is 1.45 bits per heavy atom. The summed E-state index contributed by atoms with van der Waals surface area (Å²) in [6.07, 6.45) is 1.90. The zero-order valence-corrected chi connectivity index (χ0v) is 26.8. The van der Waals surface area contributed by atoms with Gasteiger partial charge in [0.25, 0.3) is 10.0 Å². The molecule has 0 aliphatic carbocycles. The van der Waals surface area contributed by atoms with E-state index in [0.29, 0.717) is 6.54 Å². The first-order chi connectivity index (χ1) is 21.2. The molecule has 7 nitrogen and oxygen atoms in total. The van der Waals surface area contributed by atoms with Gasteiger partial charge in [-0.3, -0.25) is 13.9 Å². The lowest BCUT2D eigenvalue weighted by molar-refractivity contribution is -0.140. The van der Waals surface area contributed by atoms with E-state index in [-0.39, 0.29) is 29.5 Å². The molecule has 0 aliphatic heterocycles. The lowest BCUT2D eigenvalue weighted by Crippen LogP contribution is -2.53. The Balaban J connectivity index is 1.76. The van der Waals surface area contributed by atoms with Crippen LogP contribution in [0.1, 0.15) is 30.9 Å². The van der Waals surface area contributed by atoms with Crippen molar-refractivity contribution in [2.24, 2.45) is 0 Å². The highest BCUT2D eigenvalue weighted by Crippen LogP contribution is 2.25. The maximum absolute atomic E-state index is 14.4. The number of para-hydroxylation sites is 1. The summed E-state index contributed by atoms with van der Waals surface area (Å²) in [7, 11) is -4.29. The van der Waals surface area contributed by atoms with Crippen LogP contribution in [0.15, 0.2) is 119 Å². The summed E-state index contributed by atoms with van der Waals surface area (Å²) >= 11 is 3.44. The fourth-order valence-electron chi connectivity index (χ4n) is 4.70. The Morgan fingerprint density at radius 3 is 2.07 bits per heavy atom. The van der Waals surface area contributed by atoms with Gasteiger partial charge in [-0.05, 0) is 66.1 Å². The first kappa shape index (κ1) is 32.9. The van der Waals surface area contributed by atoms with Crippen LogP contribution in [0, 0.1) is 5.82 Å². The minimum absolute atomic E-state index is 0.0734. The first-order valence-electron chi connectivity index (χ1n) is 14.4. The second-order valence-corrected chi connectivity index (χ2v) is 13.1. The summed E-state index contributed by atoms with van der Waals surface area (Å²) in [6.45, 7) is 1.98. The van der Waals surface area contributed by atoms with Crippen molar-refractivity contribution in [1.29, 1.82) is 0 Å². The molecule has 0 spiro atoms.